The van der Waals surface area contributed by atoms with Crippen molar-refractivity contribution in [2.24, 2.45) is 11.1 Å². The van der Waals surface area contributed by atoms with Crippen LogP contribution in [0.1, 0.15) is 12.8 Å². The van der Waals surface area contributed by atoms with Gasteiger partial charge in [-0.1, -0.05) is 12.2 Å². The SMILES string of the molecule is COc1ccc(N(C)C(=O)C2(C(N)=S)CCOCC2)cc1. The minimum absolute atomic E-state index is 0.0801. The Kier molecular flexibility index (Phi) is 4.80. The molecule has 1 fully saturated rings. The number of carbonyl (C=O) groups excluding carboxylic acids is 1. The van der Waals surface area contributed by atoms with E-state index in [2.05, 4.69) is 0 Å². The van der Waals surface area contributed by atoms with Gasteiger partial charge in [0.2, 0.25) is 5.91 Å². The summed E-state index contributed by atoms with van der Waals surface area (Å²) in [5, 5.41) is 0. The molecular weight excluding hydrogens is 288 g/mol. The first-order chi connectivity index (χ1) is 10.0. The van der Waals surface area contributed by atoms with Crippen molar-refractivity contribution in [3.63, 3.8) is 0 Å². The fourth-order valence-corrected chi connectivity index (χ4v) is 2.82. The van der Waals surface area contributed by atoms with E-state index in [9.17, 15) is 4.79 Å². The first kappa shape index (κ1) is 15.7. The molecule has 1 aliphatic rings. The van der Waals surface area contributed by atoms with E-state index in [4.69, 9.17) is 27.4 Å². The summed E-state index contributed by atoms with van der Waals surface area (Å²) in [7, 11) is 3.34. The summed E-state index contributed by atoms with van der Waals surface area (Å²) in [6, 6.07) is 7.31. The zero-order valence-corrected chi connectivity index (χ0v) is 13.1. The third-order valence-corrected chi connectivity index (χ3v) is 4.38. The molecule has 1 aliphatic heterocycles. The highest BCUT2D eigenvalue weighted by Gasteiger charge is 2.44. The lowest BCUT2D eigenvalue weighted by Gasteiger charge is -2.37. The monoisotopic (exact) mass is 308 g/mol. The molecule has 114 valence electrons. The Bertz CT molecular complexity index is 524. The van der Waals surface area contributed by atoms with Crippen molar-refractivity contribution in [1.82, 2.24) is 0 Å². The Labute approximate surface area is 130 Å². The second-order valence-corrected chi connectivity index (χ2v) is 5.56. The number of benzene rings is 1. The number of amides is 1. The molecule has 0 radical (unpaired) electrons. The fourth-order valence-electron chi connectivity index (χ4n) is 2.53. The van der Waals surface area contributed by atoms with Gasteiger partial charge in [0.1, 0.15) is 11.2 Å². The van der Waals surface area contributed by atoms with Gasteiger partial charge in [0.05, 0.1) is 12.1 Å². The van der Waals surface area contributed by atoms with Gasteiger partial charge in [0.15, 0.2) is 0 Å². The third-order valence-electron chi connectivity index (χ3n) is 3.99. The summed E-state index contributed by atoms with van der Waals surface area (Å²) >= 11 is 5.17. The van der Waals surface area contributed by atoms with Crippen LogP contribution in [0.5, 0.6) is 5.75 Å². The van der Waals surface area contributed by atoms with Crippen molar-refractivity contribution >= 4 is 28.8 Å². The van der Waals surface area contributed by atoms with Crippen LogP contribution in [0.2, 0.25) is 0 Å². The van der Waals surface area contributed by atoms with Crippen LogP contribution < -0.4 is 15.4 Å². The molecular formula is C15H20N2O3S. The van der Waals surface area contributed by atoms with E-state index in [1.54, 1.807) is 19.1 Å². The van der Waals surface area contributed by atoms with E-state index in [1.807, 2.05) is 24.3 Å². The number of nitrogens with zero attached hydrogens (tertiary/aromatic N) is 1. The molecule has 0 saturated carbocycles. The van der Waals surface area contributed by atoms with Crippen molar-refractivity contribution in [3.8, 4) is 5.75 Å². The van der Waals surface area contributed by atoms with Crippen molar-refractivity contribution in [1.29, 1.82) is 0 Å². The van der Waals surface area contributed by atoms with Gasteiger partial charge in [-0.25, -0.2) is 0 Å². The lowest BCUT2D eigenvalue weighted by atomic mass is 9.78. The number of rotatable bonds is 4. The fraction of sp³-hybridized carbons (Fsp3) is 0.467. The molecule has 1 aromatic rings. The average Bonchev–Trinajstić information content (AvgIpc) is 2.54. The molecule has 2 rings (SSSR count). The van der Waals surface area contributed by atoms with E-state index in [-0.39, 0.29) is 10.9 Å². The number of anilines is 1. The molecule has 0 bridgehead atoms. The molecule has 0 aromatic heterocycles. The third kappa shape index (κ3) is 3.01. The maximum absolute atomic E-state index is 12.9. The lowest BCUT2D eigenvalue weighted by Crippen LogP contribution is -2.52. The van der Waals surface area contributed by atoms with Crippen molar-refractivity contribution in [2.45, 2.75) is 12.8 Å². The largest absolute Gasteiger partial charge is 0.497 e. The summed E-state index contributed by atoms with van der Waals surface area (Å²) in [6.07, 6.45) is 1.06. The molecule has 1 aromatic carbocycles. The van der Waals surface area contributed by atoms with Gasteiger partial charge in [-0.05, 0) is 37.1 Å². The van der Waals surface area contributed by atoms with Crippen LogP contribution in [0.4, 0.5) is 5.69 Å². The molecule has 21 heavy (non-hydrogen) atoms. The van der Waals surface area contributed by atoms with Gasteiger partial charge in [-0.15, -0.1) is 0 Å². The average molecular weight is 308 g/mol. The van der Waals surface area contributed by atoms with Crippen LogP contribution in [0.3, 0.4) is 0 Å². The Hall–Kier alpha value is -1.66. The van der Waals surface area contributed by atoms with Crippen molar-refractivity contribution in [2.75, 3.05) is 32.3 Å². The molecule has 5 nitrogen and oxygen atoms in total. The van der Waals surface area contributed by atoms with Gasteiger partial charge in [-0.2, -0.15) is 0 Å². The summed E-state index contributed by atoms with van der Waals surface area (Å²) in [5.41, 5.74) is 5.85. The Morgan fingerprint density at radius 1 is 1.33 bits per heavy atom. The summed E-state index contributed by atoms with van der Waals surface area (Å²) in [4.78, 5) is 14.7. The van der Waals surface area contributed by atoms with Gasteiger partial charge in [-0.3, -0.25) is 4.79 Å². The molecule has 0 aliphatic carbocycles. The molecule has 6 heteroatoms. The number of hydrogen-bond donors (Lipinski definition) is 1. The number of carbonyl (C=O) groups is 1. The number of methoxy groups -OCH3 is 1. The van der Waals surface area contributed by atoms with E-state index in [0.29, 0.717) is 26.1 Å². The van der Waals surface area contributed by atoms with Crippen LogP contribution in [0, 0.1) is 5.41 Å². The van der Waals surface area contributed by atoms with Crippen LogP contribution in [-0.2, 0) is 9.53 Å². The van der Waals surface area contributed by atoms with Crippen LogP contribution in [0.25, 0.3) is 0 Å². The van der Waals surface area contributed by atoms with Crippen LogP contribution in [-0.4, -0.2) is 38.3 Å². The zero-order valence-electron chi connectivity index (χ0n) is 12.3. The minimum Gasteiger partial charge on any atom is -0.497 e. The normalized spacial score (nSPS) is 17.0. The second-order valence-electron chi connectivity index (χ2n) is 5.12. The smallest absolute Gasteiger partial charge is 0.239 e. The molecule has 1 heterocycles. The van der Waals surface area contributed by atoms with E-state index < -0.39 is 5.41 Å². The van der Waals surface area contributed by atoms with Crippen LogP contribution in [0.15, 0.2) is 24.3 Å². The topological polar surface area (TPSA) is 64.8 Å². The Morgan fingerprint density at radius 2 is 1.90 bits per heavy atom. The minimum atomic E-state index is -0.803. The predicted octanol–water partition coefficient (Wildman–Crippen LogP) is 1.74. The van der Waals surface area contributed by atoms with Gasteiger partial charge >= 0.3 is 0 Å². The van der Waals surface area contributed by atoms with E-state index >= 15 is 0 Å². The van der Waals surface area contributed by atoms with Gasteiger partial charge in [0.25, 0.3) is 0 Å². The molecule has 0 atom stereocenters. The first-order valence-corrected chi connectivity index (χ1v) is 7.22. The summed E-state index contributed by atoms with van der Waals surface area (Å²) in [6.45, 7) is 0.999. The maximum Gasteiger partial charge on any atom is 0.239 e. The number of ether oxygens (including phenoxy) is 2. The van der Waals surface area contributed by atoms with E-state index in [0.717, 1.165) is 11.4 Å². The zero-order chi connectivity index (χ0) is 15.5. The molecule has 2 N–H and O–H groups in total. The molecule has 1 amide bonds. The first-order valence-electron chi connectivity index (χ1n) is 6.81. The second kappa shape index (κ2) is 6.41. The Morgan fingerprint density at radius 3 is 2.38 bits per heavy atom. The van der Waals surface area contributed by atoms with Crippen molar-refractivity contribution in [3.05, 3.63) is 24.3 Å². The maximum atomic E-state index is 12.9. The van der Waals surface area contributed by atoms with Gasteiger partial charge in [0, 0.05) is 25.9 Å². The van der Waals surface area contributed by atoms with Gasteiger partial charge < -0.3 is 20.1 Å². The lowest BCUT2D eigenvalue weighted by molar-refractivity contribution is -0.128. The Balaban J connectivity index is 2.25. The summed E-state index contributed by atoms with van der Waals surface area (Å²) < 4.78 is 10.5. The quantitative estimate of drug-likeness (QED) is 0.858. The highest BCUT2D eigenvalue weighted by Crippen LogP contribution is 2.34. The summed E-state index contributed by atoms with van der Waals surface area (Å²) in [5.74, 6) is 0.665. The van der Waals surface area contributed by atoms with E-state index in [1.165, 1.54) is 0 Å². The highest BCUT2D eigenvalue weighted by molar-refractivity contribution is 7.80. The molecule has 1 saturated heterocycles. The highest BCUT2D eigenvalue weighted by atomic mass is 32.1. The van der Waals surface area contributed by atoms with Crippen LogP contribution >= 0.6 is 12.2 Å². The number of thiocarbonyl (C=S) groups is 1. The molecule has 0 unspecified atom stereocenters. The van der Waals surface area contributed by atoms with Crippen molar-refractivity contribution < 1.29 is 14.3 Å². The number of hydrogen-bond acceptors (Lipinski definition) is 4. The standard InChI is InChI=1S/C15H20N2O3S/c1-17(11-3-5-12(19-2)6-4-11)14(18)15(13(16)21)7-9-20-10-8-15/h3-6H,7-10H2,1-2H3,(H2,16,21). The molecule has 0 spiro atoms. The number of nitrogens with two attached hydrogens (primary N) is 1. The predicted molar refractivity (Wildman–Crippen MR) is 85.7 cm³/mol.